The van der Waals surface area contributed by atoms with Crippen molar-refractivity contribution < 1.29 is 0 Å². The predicted molar refractivity (Wildman–Crippen MR) is 85.2 cm³/mol. The molecule has 21 heavy (non-hydrogen) atoms. The van der Waals surface area contributed by atoms with Gasteiger partial charge in [-0.25, -0.2) is 9.67 Å². The van der Waals surface area contributed by atoms with Gasteiger partial charge in [-0.2, -0.15) is 5.10 Å². The third-order valence-corrected chi connectivity index (χ3v) is 4.52. The molecule has 112 valence electrons. The molecule has 0 saturated heterocycles. The Morgan fingerprint density at radius 2 is 1.95 bits per heavy atom. The van der Waals surface area contributed by atoms with E-state index in [-0.39, 0.29) is 0 Å². The Bertz CT molecular complexity index is 526. The van der Waals surface area contributed by atoms with E-state index in [1.165, 1.54) is 43.4 Å². The molecule has 1 aromatic heterocycles. The number of hydrogen-bond donors (Lipinski definition) is 1. The largest absolute Gasteiger partial charge is 0.382 e. The van der Waals surface area contributed by atoms with Gasteiger partial charge in [0.2, 0.25) is 0 Å². The van der Waals surface area contributed by atoms with Gasteiger partial charge in [-0.05, 0) is 43.4 Å². The Hall–Kier alpha value is -1.84. The molecule has 0 spiro atoms. The first-order chi connectivity index (χ1) is 10.3. The summed E-state index contributed by atoms with van der Waals surface area (Å²) >= 11 is 0. The minimum absolute atomic E-state index is 0.562. The van der Waals surface area contributed by atoms with E-state index in [4.69, 9.17) is 0 Å². The lowest BCUT2D eigenvalue weighted by molar-refractivity contribution is 0.328. The van der Waals surface area contributed by atoms with Crippen LogP contribution in [-0.2, 0) is 6.54 Å². The van der Waals surface area contributed by atoms with Crippen LogP contribution in [0.2, 0.25) is 0 Å². The molecule has 2 aromatic rings. The zero-order chi connectivity index (χ0) is 14.5. The third kappa shape index (κ3) is 3.84. The molecule has 1 aliphatic rings. The Morgan fingerprint density at radius 3 is 2.62 bits per heavy atom. The molecule has 0 bridgehead atoms. The summed E-state index contributed by atoms with van der Waals surface area (Å²) in [5, 5.41) is 7.80. The van der Waals surface area contributed by atoms with Crippen molar-refractivity contribution >= 4 is 5.69 Å². The van der Waals surface area contributed by atoms with Crippen LogP contribution >= 0.6 is 0 Å². The van der Waals surface area contributed by atoms with Crippen LogP contribution in [0.3, 0.4) is 0 Å². The van der Waals surface area contributed by atoms with Crippen molar-refractivity contribution in [1.29, 1.82) is 0 Å². The minimum atomic E-state index is 0.562. The zero-order valence-electron chi connectivity index (χ0n) is 12.7. The second-order valence-electron chi connectivity index (χ2n) is 6.12. The molecule has 0 amide bonds. The summed E-state index contributed by atoms with van der Waals surface area (Å²) in [7, 11) is 0. The summed E-state index contributed by atoms with van der Waals surface area (Å²) in [6, 6.07) is 9.23. The Morgan fingerprint density at radius 1 is 1.19 bits per heavy atom. The van der Waals surface area contributed by atoms with Crippen molar-refractivity contribution in [3.8, 4) is 0 Å². The average molecular weight is 284 g/mol. The topological polar surface area (TPSA) is 42.7 Å². The lowest BCUT2D eigenvalue weighted by atomic mass is 9.84. The fraction of sp³-hybridized carbons (Fsp3) is 0.529. The van der Waals surface area contributed by atoms with Crippen LogP contribution in [0.15, 0.2) is 36.9 Å². The maximum Gasteiger partial charge on any atom is 0.137 e. The van der Waals surface area contributed by atoms with E-state index in [2.05, 4.69) is 46.6 Å². The highest BCUT2D eigenvalue weighted by molar-refractivity contribution is 5.45. The number of hydrogen-bond acceptors (Lipinski definition) is 3. The third-order valence-electron chi connectivity index (χ3n) is 4.52. The zero-order valence-corrected chi connectivity index (χ0v) is 12.7. The lowest BCUT2D eigenvalue weighted by Gasteiger charge is -2.29. The van der Waals surface area contributed by atoms with Crippen LogP contribution in [0, 0.1) is 5.92 Å². The second-order valence-corrected chi connectivity index (χ2v) is 6.12. The molecule has 4 nitrogen and oxygen atoms in total. The van der Waals surface area contributed by atoms with Crippen LogP contribution in [0.25, 0.3) is 0 Å². The molecule has 1 fully saturated rings. The molecule has 3 rings (SSSR count). The van der Waals surface area contributed by atoms with Crippen LogP contribution < -0.4 is 5.32 Å². The molecule has 1 saturated carbocycles. The van der Waals surface area contributed by atoms with Crippen molar-refractivity contribution in [3.63, 3.8) is 0 Å². The van der Waals surface area contributed by atoms with Crippen LogP contribution in [0.4, 0.5) is 5.69 Å². The lowest BCUT2D eigenvalue weighted by Crippen LogP contribution is -2.27. The molecule has 1 atom stereocenters. The number of nitrogens with one attached hydrogen (secondary N) is 1. The van der Waals surface area contributed by atoms with E-state index >= 15 is 0 Å². The van der Waals surface area contributed by atoms with E-state index in [9.17, 15) is 0 Å². The number of aromatic nitrogens is 3. The maximum absolute atomic E-state index is 4.13. The van der Waals surface area contributed by atoms with Gasteiger partial charge in [0.1, 0.15) is 12.7 Å². The van der Waals surface area contributed by atoms with Gasteiger partial charge in [-0.15, -0.1) is 0 Å². The smallest absolute Gasteiger partial charge is 0.137 e. The van der Waals surface area contributed by atoms with Gasteiger partial charge < -0.3 is 5.32 Å². The number of anilines is 1. The van der Waals surface area contributed by atoms with Gasteiger partial charge in [0.25, 0.3) is 0 Å². The molecule has 4 heteroatoms. The number of nitrogens with zero attached hydrogens (tertiary/aromatic N) is 3. The Balaban J connectivity index is 1.56. The van der Waals surface area contributed by atoms with E-state index in [0.717, 1.165) is 12.5 Å². The standard InChI is InChI=1S/C17H24N4/c1-14(16-5-3-2-4-6-16)20-17-9-7-15(8-10-17)11-21-13-18-12-19-21/h7-10,12-14,16,20H,2-6,11H2,1H3. The fourth-order valence-corrected chi connectivity index (χ4v) is 3.22. The molecule has 1 aliphatic carbocycles. The number of benzene rings is 1. The van der Waals surface area contributed by atoms with E-state index in [1.807, 2.05) is 4.68 Å². The molecular weight excluding hydrogens is 260 g/mol. The first-order valence-corrected chi connectivity index (χ1v) is 7.99. The molecule has 0 aliphatic heterocycles. The maximum atomic E-state index is 4.13. The van der Waals surface area contributed by atoms with Crippen molar-refractivity contribution in [2.24, 2.45) is 5.92 Å². The highest BCUT2D eigenvalue weighted by atomic mass is 15.3. The summed E-state index contributed by atoms with van der Waals surface area (Å²) in [5.41, 5.74) is 2.46. The average Bonchev–Trinajstić information content (AvgIpc) is 3.03. The molecule has 1 heterocycles. The highest BCUT2D eigenvalue weighted by Gasteiger charge is 2.19. The van der Waals surface area contributed by atoms with Crippen LogP contribution in [0.5, 0.6) is 0 Å². The highest BCUT2D eigenvalue weighted by Crippen LogP contribution is 2.28. The first-order valence-electron chi connectivity index (χ1n) is 7.99. The van der Waals surface area contributed by atoms with Gasteiger partial charge in [-0.3, -0.25) is 0 Å². The summed E-state index contributed by atoms with van der Waals surface area (Å²) in [6.07, 6.45) is 10.3. The van der Waals surface area contributed by atoms with Gasteiger partial charge in [0.05, 0.1) is 6.54 Å². The fourth-order valence-electron chi connectivity index (χ4n) is 3.22. The molecule has 1 N–H and O–H groups in total. The first kappa shape index (κ1) is 14.1. The van der Waals surface area contributed by atoms with Gasteiger partial charge in [0.15, 0.2) is 0 Å². The predicted octanol–water partition coefficient (Wildman–Crippen LogP) is 3.71. The summed E-state index contributed by atoms with van der Waals surface area (Å²) in [5.74, 6) is 0.827. The molecule has 1 unspecified atom stereocenters. The summed E-state index contributed by atoms with van der Waals surface area (Å²) < 4.78 is 1.84. The van der Waals surface area contributed by atoms with Crippen LogP contribution in [0.1, 0.15) is 44.6 Å². The molecule has 0 radical (unpaired) electrons. The summed E-state index contributed by atoms with van der Waals surface area (Å²) in [4.78, 5) is 3.97. The van der Waals surface area contributed by atoms with Crippen molar-refractivity contribution in [2.45, 2.75) is 51.6 Å². The minimum Gasteiger partial charge on any atom is -0.382 e. The van der Waals surface area contributed by atoms with E-state index in [1.54, 1.807) is 12.7 Å². The van der Waals surface area contributed by atoms with E-state index in [0.29, 0.717) is 6.04 Å². The van der Waals surface area contributed by atoms with Crippen molar-refractivity contribution in [1.82, 2.24) is 14.8 Å². The normalized spacial score (nSPS) is 17.6. The molecular formula is C17H24N4. The van der Waals surface area contributed by atoms with Crippen molar-refractivity contribution in [3.05, 3.63) is 42.5 Å². The Kier molecular flexibility index (Phi) is 4.53. The quantitative estimate of drug-likeness (QED) is 0.910. The van der Waals surface area contributed by atoms with Crippen LogP contribution in [-0.4, -0.2) is 20.8 Å². The van der Waals surface area contributed by atoms with Crippen molar-refractivity contribution in [2.75, 3.05) is 5.32 Å². The van der Waals surface area contributed by atoms with Gasteiger partial charge in [0, 0.05) is 11.7 Å². The number of rotatable bonds is 5. The Labute approximate surface area is 126 Å². The summed E-state index contributed by atoms with van der Waals surface area (Å²) in [6.45, 7) is 3.10. The van der Waals surface area contributed by atoms with E-state index < -0.39 is 0 Å². The van der Waals surface area contributed by atoms with Gasteiger partial charge in [-0.1, -0.05) is 31.4 Å². The monoisotopic (exact) mass is 284 g/mol. The SMILES string of the molecule is CC(Nc1ccc(Cn2cncn2)cc1)C1CCCCC1. The molecule has 1 aromatic carbocycles. The second kappa shape index (κ2) is 6.74. The van der Waals surface area contributed by atoms with Gasteiger partial charge >= 0.3 is 0 Å².